The Balaban J connectivity index is 1.88. The molecule has 5 nitrogen and oxygen atoms in total. The molecule has 0 amide bonds. The monoisotopic (exact) mass is 272 g/mol. The van der Waals surface area contributed by atoms with E-state index < -0.39 is 33.5 Å². The quantitative estimate of drug-likeness (QED) is 0.423. The van der Waals surface area contributed by atoms with Gasteiger partial charge in [0.05, 0.1) is 5.25 Å². The maximum absolute atomic E-state index is 11.8. The second-order valence-electron chi connectivity index (χ2n) is 5.58. The summed E-state index contributed by atoms with van der Waals surface area (Å²) in [6.07, 6.45) is -0.390. The molecule has 100 valence electrons. The van der Waals surface area contributed by atoms with E-state index in [1.807, 2.05) is 6.92 Å². The molecule has 2 saturated carbocycles. The first-order valence-corrected chi connectivity index (χ1v) is 7.58. The van der Waals surface area contributed by atoms with Gasteiger partial charge in [-0.1, -0.05) is 13.5 Å². The fourth-order valence-electron chi connectivity index (χ4n) is 3.70. The molecule has 18 heavy (non-hydrogen) atoms. The van der Waals surface area contributed by atoms with E-state index in [1.165, 1.54) is 0 Å². The molecule has 5 unspecified atom stereocenters. The van der Waals surface area contributed by atoms with Crippen LogP contribution in [0.25, 0.3) is 0 Å². The van der Waals surface area contributed by atoms with E-state index in [1.54, 1.807) is 6.92 Å². The molecule has 0 radical (unpaired) electrons. The molecule has 0 aromatic carbocycles. The van der Waals surface area contributed by atoms with Crippen LogP contribution in [0.2, 0.25) is 0 Å². The summed E-state index contributed by atoms with van der Waals surface area (Å²) >= 11 is 0. The summed E-state index contributed by atoms with van der Waals surface area (Å²) in [6.45, 7) is 7.13. The molecule has 0 spiro atoms. The first kappa shape index (κ1) is 12.2. The Kier molecular flexibility index (Phi) is 2.41. The molecule has 3 aliphatic rings. The second kappa shape index (κ2) is 3.57. The predicted molar refractivity (Wildman–Crippen MR) is 63.0 cm³/mol. The van der Waals surface area contributed by atoms with Crippen molar-refractivity contribution in [3.05, 3.63) is 12.2 Å². The molecule has 0 aromatic rings. The summed E-state index contributed by atoms with van der Waals surface area (Å²) in [6, 6.07) is 0. The van der Waals surface area contributed by atoms with Crippen LogP contribution in [-0.4, -0.2) is 31.8 Å². The van der Waals surface area contributed by atoms with E-state index in [-0.39, 0.29) is 17.8 Å². The van der Waals surface area contributed by atoms with Gasteiger partial charge in [0.1, 0.15) is 12.2 Å². The van der Waals surface area contributed by atoms with Gasteiger partial charge in [-0.15, -0.1) is 0 Å². The van der Waals surface area contributed by atoms with Gasteiger partial charge < -0.3 is 4.74 Å². The molecule has 0 N–H and O–H groups in total. The van der Waals surface area contributed by atoms with Crippen LogP contribution in [0.5, 0.6) is 0 Å². The van der Waals surface area contributed by atoms with Crippen molar-refractivity contribution in [2.75, 3.05) is 0 Å². The maximum Gasteiger partial charge on any atom is 0.333 e. The molecular weight excluding hydrogens is 256 g/mol. The molecule has 3 fully saturated rings. The van der Waals surface area contributed by atoms with Crippen LogP contribution >= 0.6 is 0 Å². The van der Waals surface area contributed by atoms with Gasteiger partial charge >= 0.3 is 5.97 Å². The fraction of sp³-hybridized carbons (Fsp3) is 0.750. The lowest BCUT2D eigenvalue weighted by Gasteiger charge is -2.24. The SMILES string of the molecule is C=C(C)C(=O)OC1C2OS(=O)(=O)C3CC1[C@@H](C)C23. The number of fused-ring (bicyclic) bond motifs is 1. The Bertz CT molecular complexity index is 523. The van der Waals surface area contributed by atoms with Crippen molar-refractivity contribution < 1.29 is 22.1 Å². The average Bonchev–Trinajstić information content (AvgIpc) is 2.78. The Morgan fingerprint density at radius 1 is 1.44 bits per heavy atom. The van der Waals surface area contributed by atoms with Crippen molar-refractivity contribution in [2.45, 2.75) is 37.7 Å². The molecule has 2 aliphatic carbocycles. The molecule has 0 aromatic heterocycles. The summed E-state index contributed by atoms with van der Waals surface area (Å²) < 4.78 is 34.1. The molecule has 1 heterocycles. The van der Waals surface area contributed by atoms with E-state index in [2.05, 4.69) is 6.58 Å². The van der Waals surface area contributed by atoms with Crippen molar-refractivity contribution >= 4 is 16.1 Å². The van der Waals surface area contributed by atoms with Crippen molar-refractivity contribution in [1.29, 1.82) is 0 Å². The van der Waals surface area contributed by atoms with Crippen molar-refractivity contribution in [3.63, 3.8) is 0 Å². The normalized spacial score (nSPS) is 47.2. The largest absolute Gasteiger partial charge is 0.456 e. The zero-order valence-corrected chi connectivity index (χ0v) is 11.1. The van der Waals surface area contributed by atoms with Gasteiger partial charge in [-0.25, -0.2) is 4.79 Å². The average molecular weight is 272 g/mol. The number of esters is 1. The zero-order chi connectivity index (χ0) is 13.2. The lowest BCUT2D eigenvalue weighted by molar-refractivity contribution is -0.151. The number of hydrogen-bond acceptors (Lipinski definition) is 5. The van der Waals surface area contributed by atoms with E-state index in [0.717, 1.165) is 0 Å². The number of ether oxygens (including phenoxy) is 1. The van der Waals surface area contributed by atoms with Gasteiger partial charge in [0, 0.05) is 17.4 Å². The summed E-state index contributed by atoms with van der Waals surface area (Å²) in [4.78, 5) is 11.6. The molecule has 6 atom stereocenters. The maximum atomic E-state index is 11.8. The summed E-state index contributed by atoms with van der Waals surface area (Å²) in [5, 5.41) is -0.401. The summed E-state index contributed by atoms with van der Waals surface area (Å²) in [7, 11) is -3.47. The van der Waals surface area contributed by atoms with Gasteiger partial charge in [-0.05, 0) is 19.3 Å². The van der Waals surface area contributed by atoms with E-state index in [4.69, 9.17) is 8.92 Å². The van der Waals surface area contributed by atoms with Crippen LogP contribution in [0, 0.1) is 17.8 Å². The minimum atomic E-state index is -3.47. The number of carbonyl (C=O) groups excluding carboxylic acids is 1. The van der Waals surface area contributed by atoms with Crippen LogP contribution in [0.15, 0.2) is 12.2 Å². The Morgan fingerprint density at radius 3 is 2.72 bits per heavy atom. The first-order chi connectivity index (χ1) is 8.33. The standard InChI is InChI=1S/C12H16O5S/c1-5(2)12(13)16-10-7-4-8-9(6(7)3)11(10)17-18(8,14)15/h6-11H,1,4H2,2-3H3/t6-,7?,8?,9?,10?,11?/m1/s1. The molecule has 2 bridgehead atoms. The van der Waals surface area contributed by atoms with Gasteiger partial charge in [0.15, 0.2) is 0 Å². The highest BCUT2D eigenvalue weighted by atomic mass is 32.2. The van der Waals surface area contributed by atoms with Crippen LogP contribution in [0.4, 0.5) is 0 Å². The van der Waals surface area contributed by atoms with E-state index in [9.17, 15) is 13.2 Å². The van der Waals surface area contributed by atoms with Gasteiger partial charge in [0.2, 0.25) is 0 Å². The van der Waals surface area contributed by atoms with Gasteiger partial charge in [-0.3, -0.25) is 4.18 Å². The van der Waals surface area contributed by atoms with E-state index in [0.29, 0.717) is 12.0 Å². The highest BCUT2D eigenvalue weighted by Gasteiger charge is 2.68. The Labute approximate surface area is 106 Å². The second-order valence-corrected chi connectivity index (χ2v) is 7.36. The topological polar surface area (TPSA) is 69.7 Å². The highest BCUT2D eigenvalue weighted by Crippen LogP contribution is 2.58. The summed E-state index contributed by atoms with van der Waals surface area (Å²) in [5.74, 6) is -0.183. The third kappa shape index (κ3) is 1.42. The number of rotatable bonds is 2. The molecule has 1 saturated heterocycles. The van der Waals surface area contributed by atoms with Crippen molar-refractivity contribution in [3.8, 4) is 0 Å². The number of hydrogen-bond donors (Lipinski definition) is 0. The lowest BCUT2D eigenvalue weighted by Crippen LogP contribution is -2.37. The van der Waals surface area contributed by atoms with Gasteiger partial charge in [-0.2, -0.15) is 8.42 Å². The minimum absolute atomic E-state index is 0.0251. The smallest absolute Gasteiger partial charge is 0.333 e. The molecule has 1 aliphatic heterocycles. The van der Waals surface area contributed by atoms with E-state index >= 15 is 0 Å². The van der Waals surface area contributed by atoms with Crippen molar-refractivity contribution in [2.24, 2.45) is 17.8 Å². The molecule has 3 rings (SSSR count). The van der Waals surface area contributed by atoms with Gasteiger partial charge in [0.25, 0.3) is 10.1 Å². The lowest BCUT2D eigenvalue weighted by atomic mass is 9.94. The number of carbonyl (C=O) groups is 1. The third-order valence-corrected chi connectivity index (χ3v) is 6.29. The third-order valence-electron chi connectivity index (χ3n) is 4.55. The molecular formula is C12H16O5S. The minimum Gasteiger partial charge on any atom is -0.456 e. The fourth-order valence-corrected chi connectivity index (χ4v) is 5.64. The predicted octanol–water partition coefficient (Wildman–Crippen LogP) is 0.857. The first-order valence-electron chi connectivity index (χ1n) is 6.11. The Hall–Kier alpha value is -0.880. The van der Waals surface area contributed by atoms with Crippen LogP contribution < -0.4 is 0 Å². The zero-order valence-electron chi connectivity index (χ0n) is 10.3. The van der Waals surface area contributed by atoms with Crippen molar-refractivity contribution in [1.82, 2.24) is 0 Å². The van der Waals surface area contributed by atoms with Crippen LogP contribution in [0.1, 0.15) is 20.3 Å². The Morgan fingerprint density at radius 2 is 2.11 bits per heavy atom. The van der Waals surface area contributed by atoms with Crippen LogP contribution in [0.3, 0.4) is 0 Å². The van der Waals surface area contributed by atoms with Crippen LogP contribution in [-0.2, 0) is 23.8 Å². The summed E-state index contributed by atoms with van der Waals surface area (Å²) in [5.41, 5.74) is 0.322. The highest BCUT2D eigenvalue weighted by molar-refractivity contribution is 7.87. The molecule has 6 heteroatoms.